The molecule has 0 bridgehead atoms. The molecule has 1 fully saturated rings. The Morgan fingerprint density at radius 1 is 1.30 bits per heavy atom. The van der Waals surface area contributed by atoms with Crippen LogP contribution >= 0.6 is 11.6 Å². The number of carbonyl (C=O) groups excluding carboxylic acids is 1. The van der Waals surface area contributed by atoms with Crippen molar-refractivity contribution < 1.29 is 18.0 Å². The first-order chi connectivity index (χ1) is 12.7. The zero-order valence-corrected chi connectivity index (χ0v) is 15.9. The smallest absolute Gasteiger partial charge is 0.354 e. The number of alkyl halides is 3. The molecule has 148 valence electrons. The highest BCUT2D eigenvalue weighted by atomic mass is 35.5. The molecule has 0 radical (unpaired) electrons. The Hall–Kier alpha value is -2.03. The predicted molar refractivity (Wildman–Crippen MR) is 93.5 cm³/mol. The number of aromatic nitrogens is 4. The first-order valence-corrected chi connectivity index (χ1v) is 9.15. The van der Waals surface area contributed by atoms with Crippen molar-refractivity contribution in [1.82, 2.24) is 24.9 Å². The van der Waals surface area contributed by atoms with Crippen LogP contribution in [-0.2, 0) is 24.1 Å². The minimum atomic E-state index is -4.64. The molecule has 2 aromatic rings. The molecule has 10 heteroatoms. The highest BCUT2D eigenvalue weighted by molar-refractivity contribution is 6.32. The van der Waals surface area contributed by atoms with Crippen LogP contribution in [0.5, 0.6) is 0 Å². The van der Waals surface area contributed by atoms with Gasteiger partial charge in [-0.3, -0.25) is 14.2 Å². The van der Waals surface area contributed by atoms with E-state index in [1.54, 1.807) is 0 Å². The van der Waals surface area contributed by atoms with E-state index in [4.69, 9.17) is 11.6 Å². The zero-order chi connectivity index (χ0) is 19.8. The van der Waals surface area contributed by atoms with Crippen LogP contribution in [0, 0.1) is 13.8 Å². The second kappa shape index (κ2) is 7.53. The number of halogens is 4. The van der Waals surface area contributed by atoms with E-state index in [-0.39, 0.29) is 17.5 Å². The summed E-state index contributed by atoms with van der Waals surface area (Å²) in [6.45, 7) is 4.64. The molecule has 2 aromatic heterocycles. The number of nitrogens with one attached hydrogen (secondary N) is 1. The Balaban J connectivity index is 1.57. The Labute approximate surface area is 159 Å². The Morgan fingerprint density at radius 3 is 2.56 bits per heavy atom. The normalized spacial score (nSPS) is 14.6. The third kappa shape index (κ3) is 4.63. The Morgan fingerprint density at radius 2 is 2.00 bits per heavy atom. The highest BCUT2D eigenvalue weighted by Crippen LogP contribution is 2.46. The van der Waals surface area contributed by atoms with Crippen molar-refractivity contribution >= 4 is 17.5 Å². The predicted octanol–water partition coefficient (Wildman–Crippen LogP) is 3.45. The summed E-state index contributed by atoms with van der Waals surface area (Å²) in [5.74, 6) is -0.446. The van der Waals surface area contributed by atoms with Gasteiger partial charge in [-0.25, -0.2) is 0 Å². The molecule has 0 aliphatic heterocycles. The van der Waals surface area contributed by atoms with Crippen LogP contribution in [0.4, 0.5) is 13.2 Å². The van der Waals surface area contributed by atoms with Crippen molar-refractivity contribution in [3.63, 3.8) is 0 Å². The topological polar surface area (TPSA) is 64.7 Å². The lowest BCUT2D eigenvalue weighted by Gasteiger charge is -2.09. The van der Waals surface area contributed by atoms with Crippen LogP contribution in [0.25, 0.3) is 0 Å². The average molecular weight is 404 g/mol. The molecule has 1 aliphatic rings. The summed E-state index contributed by atoms with van der Waals surface area (Å²) in [4.78, 5) is 12.1. The summed E-state index contributed by atoms with van der Waals surface area (Å²) in [6, 6.07) is 1.97. The molecule has 27 heavy (non-hydrogen) atoms. The third-order valence-corrected chi connectivity index (χ3v) is 4.80. The number of rotatable bonds is 7. The molecular weight excluding hydrogens is 383 g/mol. The largest absolute Gasteiger partial charge is 0.436 e. The molecule has 0 unspecified atom stereocenters. The number of hydrogen-bond donors (Lipinski definition) is 1. The molecule has 2 heterocycles. The summed E-state index contributed by atoms with van der Waals surface area (Å²) in [7, 11) is 0. The lowest BCUT2D eigenvalue weighted by atomic mass is 10.2. The molecule has 1 amide bonds. The van der Waals surface area contributed by atoms with Crippen LogP contribution in [0.15, 0.2) is 6.07 Å². The van der Waals surface area contributed by atoms with Gasteiger partial charge in [-0.05, 0) is 39.2 Å². The van der Waals surface area contributed by atoms with Crippen molar-refractivity contribution in [1.29, 1.82) is 0 Å². The van der Waals surface area contributed by atoms with Crippen LogP contribution in [-0.4, -0.2) is 32.0 Å². The highest BCUT2D eigenvalue weighted by Gasteiger charge is 2.42. The van der Waals surface area contributed by atoms with Gasteiger partial charge < -0.3 is 5.32 Å². The van der Waals surface area contributed by atoms with Gasteiger partial charge in [0.05, 0.1) is 16.4 Å². The van der Waals surface area contributed by atoms with Crippen molar-refractivity contribution in [2.45, 2.75) is 58.3 Å². The summed E-state index contributed by atoms with van der Waals surface area (Å²) < 4.78 is 42.1. The Kier molecular flexibility index (Phi) is 5.50. The maximum Gasteiger partial charge on any atom is 0.436 e. The van der Waals surface area contributed by atoms with Gasteiger partial charge >= 0.3 is 6.18 Å². The number of aryl methyl sites for hydroxylation is 3. The van der Waals surface area contributed by atoms with Gasteiger partial charge in [-0.2, -0.15) is 23.4 Å². The molecule has 6 nitrogen and oxygen atoms in total. The maximum absolute atomic E-state index is 13.0. The molecular formula is C17H21ClF3N5O. The molecule has 0 aromatic carbocycles. The van der Waals surface area contributed by atoms with Gasteiger partial charge in [-0.15, -0.1) is 0 Å². The van der Waals surface area contributed by atoms with Crippen LogP contribution in [0.1, 0.15) is 48.0 Å². The van der Waals surface area contributed by atoms with E-state index in [0.29, 0.717) is 25.2 Å². The first kappa shape index (κ1) is 19.7. The molecule has 1 aliphatic carbocycles. The minimum Gasteiger partial charge on any atom is -0.354 e. The molecule has 3 rings (SSSR count). The molecule has 0 saturated heterocycles. The lowest BCUT2D eigenvalue weighted by molar-refractivity contribution is -0.141. The fraction of sp³-hybridized carbons (Fsp3) is 0.588. The molecule has 1 saturated carbocycles. The van der Waals surface area contributed by atoms with E-state index in [0.717, 1.165) is 28.9 Å². The summed E-state index contributed by atoms with van der Waals surface area (Å²) in [5, 5.41) is 10.2. The van der Waals surface area contributed by atoms with Crippen molar-refractivity contribution in [3.05, 3.63) is 33.9 Å². The number of hydrogen-bond acceptors (Lipinski definition) is 3. The zero-order valence-electron chi connectivity index (χ0n) is 15.1. The standard InChI is InChI=1S/C17H21ClF3N5O/c1-10-8-11(2)25(23-10)7-3-6-22-13(27)9-26-15(12-4-5-12)14(18)16(24-26)17(19,20)21/h8,12H,3-7,9H2,1-2H3,(H,22,27). The molecule has 0 spiro atoms. The fourth-order valence-electron chi connectivity index (χ4n) is 3.05. The molecule has 1 N–H and O–H groups in total. The minimum absolute atomic E-state index is 0.0556. The van der Waals surface area contributed by atoms with Crippen molar-refractivity contribution in [3.8, 4) is 0 Å². The van der Waals surface area contributed by atoms with Gasteiger partial charge in [0.2, 0.25) is 5.91 Å². The average Bonchev–Trinajstić information content (AvgIpc) is 3.26. The van der Waals surface area contributed by atoms with Gasteiger partial charge in [0, 0.05) is 24.7 Å². The second-order valence-electron chi connectivity index (χ2n) is 6.83. The van der Waals surface area contributed by atoms with E-state index < -0.39 is 17.8 Å². The first-order valence-electron chi connectivity index (χ1n) is 8.78. The van der Waals surface area contributed by atoms with E-state index in [1.165, 1.54) is 0 Å². The summed E-state index contributed by atoms with van der Waals surface area (Å²) in [5.41, 5.74) is 1.16. The SMILES string of the molecule is Cc1cc(C)n(CCCNC(=O)Cn2nc(C(F)(F)F)c(Cl)c2C2CC2)n1. The second-order valence-corrected chi connectivity index (χ2v) is 7.21. The van der Waals surface area contributed by atoms with Crippen LogP contribution < -0.4 is 5.32 Å². The number of carbonyl (C=O) groups is 1. The number of nitrogens with zero attached hydrogens (tertiary/aromatic N) is 4. The van der Waals surface area contributed by atoms with E-state index in [1.807, 2.05) is 24.6 Å². The summed E-state index contributed by atoms with van der Waals surface area (Å²) in [6.07, 6.45) is -2.46. The van der Waals surface area contributed by atoms with Gasteiger partial charge in [-0.1, -0.05) is 11.6 Å². The maximum atomic E-state index is 13.0. The number of amides is 1. The van der Waals surface area contributed by atoms with Gasteiger partial charge in [0.1, 0.15) is 6.54 Å². The molecule has 0 atom stereocenters. The van der Waals surface area contributed by atoms with Crippen LogP contribution in [0.3, 0.4) is 0 Å². The van der Waals surface area contributed by atoms with Crippen molar-refractivity contribution in [2.24, 2.45) is 0 Å². The lowest BCUT2D eigenvalue weighted by Crippen LogP contribution is -2.30. The van der Waals surface area contributed by atoms with Crippen LogP contribution in [0.2, 0.25) is 5.02 Å². The fourth-order valence-corrected chi connectivity index (χ4v) is 3.45. The van der Waals surface area contributed by atoms with E-state index >= 15 is 0 Å². The van der Waals surface area contributed by atoms with Gasteiger partial charge in [0.25, 0.3) is 0 Å². The Bertz CT molecular complexity index is 838. The summed E-state index contributed by atoms with van der Waals surface area (Å²) >= 11 is 5.90. The van der Waals surface area contributed by atoms with E-state index in [2.05, 4.69) is 15.5 Å². The van der Waals surface area contributed by atoms with E-state index in [9.17, 15) is 18.0 Å². The van der Waals surface area contributed by atoms with Gasteiger partial charge in [0.15, 0.2) is 5.69 Å². The third-order valence-electron chi connectivity index (χ3n) is 4.43. The van der Waals surface area contributed by atoms with Crippen molar-refractivity contribution in [2.75, 3.05) is 6.54 Å². The quantitative estimate of drug-likeness (QED) is 0.720. The monoisotopic (exact) mass is 403 g/mol.